The number of hydrogen-bond acceptors (Lipinski definition) is 4. The number of nitrogens with one attached hydrogen (secondary N) is 1. The van der Waals surface area contributed by atoms with Gasteiger partial charge in [-0.05, 0) is 57.6 Å². The Hall–Kier alpha value is -0.890. The van der Waals surface area contributed by atoms with Gasteiger partial charge in [-0.15, -0.1) is 0 Å². The molecule has 94 valence electrons. The molecule has 0 bridgehead atoms. The summed E-state index contributed by atoms with van der Waals surface area (Å²) in [5.41, 5.74) is 0. The monoisotopic (exact) mass is 419 g/mol. The van der Waals surface area contributed by atoms with Crippen LogP contribution in [0.2, 0.25) is 0 Å². The van der Waals surface area contributed by atoms with E-state index in [0.29, 0.717) is 11.8 Å². The molecule has 0 aliphatic carbocycles. The van der Waals surface area contributed by atoms with E-state index in [1.165, 1.54) is 0 Å². The van der Waals surface area contributed by atoms with E-state index in [4.69, 9.17) is 4.74 Å². The zero-order valence-corrected chi connectivity index (χ0v) is 13.4. The molecular weight excluding hydrogens is 409 g/mol. The van der Waals surface area contributed by atoms with Gasteiger partial charge in [0.05, 0.1) is 14.2 Å². The highest BCUT2D eigenvalue weighted by Crippen LogP contribution is 2.30. The smallest absolute Gasteiger partial charge is 0.238 e. The molecule has 0 radical (unpaired) electrons. The van der Waals surface area contributed by atoms with Gasteiger partial charge in [0.2, 0.25) is 11.8 Å². The fourth-order valence-corrected chi connectivity index (χ4v) is 2.07. The van der Waals surface area contributed by atoms with Crippen molar-refractivity contribution in [3.63, 3.8) is 0 Å². The maximum Gasteiger partial charge on any atom is 0.238 e. The Morgan fingerprint density at radius 3 is 2.89 bits per heavy atom. The summed E-state index contributed by atoms with van der Waals surface area (Å²) in [5, 5.41) is 3.05. The molecule has 1 heterocycles. The number of aromatic nitrogens is 2. The SMILES string of the molecule is CCNc1ncc(Br)c(Oc2ccccc2I)n1. The summed E-state index contributed by atoms with van der Waals surface area (Å²) in [6.07, 6.45) is 1.68. The van der Waals surface area contributed by atoms with Crippen molar-refractivity contribution in [3.8, 4) is 11.6 Å². The summed E-state index contributed by atoms with van der Waals surface area (Å²) in [6, 6.07) is 7.78. The molecule has 0 fully saturated rings. The van der Waals surface area contributed by atoms with Crippen molar-refractivity contribution in [2.24, 2.45) is 0 Å². The summed E-state index contributed by atoms with van der Waals surface area (Å²) in [4.78, 5) is 8.45. The van der Waals surface area contributed by atoms with Crippen molar-refractivity contribution < 1.29 is 4.74 Å². The van der Waals surface area contributed by atoms with Crippen LogP contribution in [-0.4, -0.2) is 16.5 Å². The Bertz CT molecular complexity index is 551. The first kappa shape index (κ1) is 13.5. The van der Waals surface area contributed by atoms with E-state index in [-0.39, 0.29) is 0 Å². The van der Waals surface area contributed by atoms with Crippen LogP contribution in [-0.2, 0) is 0 Å². The maximum absolute atomic E-state index is 5.78. The minimum Gasteiger partial charge on any atom is -0.437 e. The van der Waals surface area contributed by atoms with Crippen molar-refractivity contribution in [2.75, 3.05) is 11.9 Å². The average Bonchev–Trinajstić information content (AvgIpc) is 2.36. The van der Waals surface area contributed by atoms with Crippen molar-refractivity contribution in [3.05, 3.63) is 38.5 Å². The molecule has 0 aliphatic heterocycles. The second kappa shape index (κ2) is 6.33. The first-order valence-electron chi connectivity index (χ1n) is 5.39. The molecule has 4 nitrogen and oxygen atoms in total. The minimum atomic E-state index is 0.505. The molecule has 18 heavy (non-hydrogen) atoms. The van der Waals surface area contributed by atoms with Gasteiger partial charge in [-0.3, -0.25) is 0 Å². The first-order valence-corrected chi connectivity index (χ1v) is 7.26. The van der Waals surface area contributed by atoms with Gasteiger partial charge >= 0.3 is 0 Å². The van der Waals surface area contributed by atoms with Gasteiger partial charge in [0.25, 0.3) is 0 Å². The zero-order chi connectivity index (χ0) is 13.0. The summed E-state index contributed by atoms with van der Waals surface area (Å²) in [6.45, 7) is 2.76. The van der Waals surface area contributed by atoms with Gasteiger partial charge in [0.1, 0.15) is 5.75 Å². The molecule has 0 saturated carbocycles. The quantitative estimate of drug-likeness (QED) is 0.759. The molecule has 0 unspecified atom stereocenters. The fourth-order valence-electron chi connectivity index (χ4n) is 1.30. The summed E-state index contributed by atoms with van der Waals surface area (Å²) < 4.78 is 7.54. The molecule has 0 atom stereocenters. The molecular formula is C12H11BrIN3O. The van der Waals surface area contributed by atoms with E-state index in [0.717, 1.165) is 20.3 Å². The highest BCUT2D eigenvalue weighted by molar-refractivity contribution is 14.1. The lowest BCUT2D eigenvalue weighted by Gasteiger charge is -2.09. The molecule has 6 heteroatoms. The minimum absolute atomic E-state index is 0.505. The van der Waals surface area contributed by atoms with Crippen LogP contribution in [0.15, 0.2) is 34.9 Å². The Kier molecular flexibility index (Phi) is 4.76. The van der Waals surface area contributed by atoms with E-state index in [9.17, 15) is 0 Å². The van der Waals surface area contributed by atoms with Gasteiger partial charge in [0, 0.05) is 6.54 Å². The van der Waals surface area contributed by atoms with Crippen LogP contribution >= 0.6 is 38.5 Å². The van der Waals surface area contributed by atoms with Crippen LogP contribution in [0.25, 0.3) is 0 Å². The molecule has 0 aliphatic rings. The van der Waals surface area contributed by atoms with Gasteiger partial charge < -0.3 is 10.1 Å². The van der Waals surface area contributed by atoms with Crippen LogP contribution in [0.1, 0.15) is 6.92 Å². The standard InChI is InChI=1S/C12H11BrIN3O/c1-2-15-12-16-7-8(13)11(17-12)18-10-6-4-3-5-9(10)14/h3-7H,2H2,1H3,(H,15,16,17). The second-order valence-corrected chi connectivity index (χ2v) is 5.43. The van der Waals surface area contributed by atoms with Crippen LogP contribution in [0.3, 0.4) is 0 Å². The number of ether oxygens (including phenoxy) is 1. The van der Waals surface area contributed by atoms with Crippen LogP contribution in [0.5, 0.6) is 11.6 Å². The number of hydrogen-bond donors (Lipinski definition) is 1. The number of benzene rings is 1. The average molecular weight is 420 g/mol. The van der Waals surface area contributed by atoms with Gasteiger partial charge in [0.15, 0.2) is 0 Å². The molecule has 1 N–H and O–H groups in total. The lowest BCUT2D eigenvalue weighted by molar-refractivity contribution is 0.456. The van der Waals surface area contributed by atoms with Crippen LogP contribution < -0.4 is 10.1 Å². The number of para-hydroxylation sites is 1. The molecule has 0 saturated heterocycles. The van der Waals surface area contributed by atoms with Crippen molar-refractivity contribution in [2.45, 2.75) is 6.92 Å². The summed E-state index contributed by atoms with van der Waals surface area (Å²) >= 11 is 5.61. The Morgan fingerprint density at radius 1 is 1.39 bits per heavy atom. The first-order chi connectivity index (χ1) is 8.70. The van der Waals surface area contributed by atoms with Gasteiger partial charge in [-0.25, -0.2) is 4.98 Å². The lowest BCUT2D eigenvalue weighted by atomic mass is 10.3. The topological polar surface area (TPSA) is 47.0 Å². The zero-order valence-electron chi connectivity index (χ0n) is 9.65. The number of anilines is 1. The normalized spacial score (nSPS) is 10.2. The largest absolute Gasteiger partial charge is 0.437 e. The van der Waals surface area contributed by atoms with E-state index in [1.807, 2.05) is 31.2 Å². The van der Waals surface area contributed by atoms with Gasteiger partial charge in [-0.2, -0.15) is 4.98 Å². The van der Waals surface area contributed by atoms with E-state index < -0.39 is 0 Å². The molecule has 2 rings (SSSR count). The van der Waals surface area contributed by atoms with E-state index >= 15 is 0 Å². The fraction of sp³-hybridized carbons (Fsp3) is 0.167. The predicted octanol–water partition coefficient (Wildman–Crippen LogP) is 4.07. The number of nitrogens with zero attached hydrogens (tertiary/aromatic N) is 2. The molecule has 0 amide bonds. The molecule has 1 aromatic carbocycles. The summed E-state index contributed by atoms with van der Waals surface area (Å²) in [7, 11) is 0. The highest BCUT2D eigenvalue weighted by atomic mass is 127. The molecule has 0 spiro atoms. The van der Waals surface area contributed by atoms with E-state index in [1.54, 1.807) is 6.20 Å². The summed E-state index contributed by atoms with van der Waals surface area (Å²) in [5.74, 6) is 1.84. The Morgan fingerprint density at radius 2 is 2.17 bits per heavy atom. The molecule has 2 aromatic rings. The highest BCUT2D eigenvalue weighted by Gasteiger charge is 2.09. The third-order valence-electron chi connectivity index (χ3n) is 2.09. The van der Waals surface area contributed by atoms with Gasteiger partial charge in [-0.1, -0.05) is 12.1 Å². The Labute approximate surface area is 127 Å². The van der Waals surface area contributed by atoms with Crippen LogP contribution in [0, 0.1) is 3.57 Å². The number of rotatable bonds is 4. The predicted molar refractivity (Wildman–Crippen MR) is 83.1 cm³/mol. The van der Waals surface area contributed by atoms with Crippen LogP contribution in [0.4, 0.5) is 5.95 Å². The Balaban J connectivity index is 2.28. The third-order valence-corrected chi connectivity index (χ3v) is 3.53. The van der Waals surface area contributed by atoms with Crippen molar-refractivity contribution in [1.29, 1.82) is 0 Å². The second-order valence-electron chi connectivity index (χ2n) is 3.41. The maximum atomic E-state index is 5.78. The third kappa shape index (κ3) is 3.32. The van der Waals surface area contributed by atoms with E-state index in [2.05, 4.69) is 53.8 Å². The van der Waals surface area contributed by atoms with Crippen molar-refractivity contribution in [1.82, 2.24) is 9.97 Å². The van der Waals surface area contributed by atoms with Crippen molar-refractivity contribution >= 4 is 44.5 Å². The molecule has 1 aromatic heterocycles. The number of halogens is 2. The lowest BCUT2D eigenvalue weighted by Crippen LogP contribution is -2.03.